The maximum Gasteiger partial charge on any atom is 0.404 e. The van der Waals surface area contributed by atoms with Crippen molar-refractivity contribution < 1.29 is 28.6 Å². The van der Waals surface area contributed by atoms with Gasteiger partial charge in [0.2, 0.25) is 11.8 Å². The third kappa shape index (κ3) is 5.70. The zero-order chi connectivity index (χ0) is 24.1. The van der Waals surface area contributed by atoms with Gasteiger partial charge in [0.25, 0.3) is 5.91 Å². The van der Waals surface area contributed by atoms with Gasteiger partial charge < -0.3 is 36.3 Å². The highest BCUT2D eigenvalue weighted by Gasteiger charge is 2.33. The number of hydrogen-bond donors (Lipinski definition) is 5. The van der Waals surface area contributed by atoms with Crippen molar-refractivity contribution >= 4 is 29.3 Å². The lowest BCUT2D eigenvalue weighted by Gasteiger charge is -2.38. The summed E-state index contributed by atoms with van der Waals surface area (Å²) in [6.07, 6.45) is 1.60. The Balaban J connectivity index is 1.96. The van der Waals surface area contributed by atoms with Gasteiger partial charge in [-0.05, 0) is 31.7 Å². The summed E-state index contributed by atoms with van der Waals surface area (Å²) in [6, 6.07) is 3.17. The smallest absolute Gasteiger partial charge is 0.404 e. The molecule has 1 saturated carbocycles. The van der Waals surface area contributed by atoms with Gasteiger partial charge in [-0.1, -0.05) is 6.42 Å². The number of hydrogen-bond acceptors (Lipinski definition) is 8. The van der Waals surface area contributed by atoms with Gasteiger partial charge in [-0.15, -0.1) is 0 Å². The van der Waals surface area contributed by atoms with Crippen LogP contribution in [0.3, 0.4) is 0 Å². The molecule has 0 aromatic carbocycles. The molecule has 1 aliphatic rings. The summed E-state index contributed by atoms with van der Waals surface area (Å²) >= 11 is 0. The molecule has 33 heavy (non-hydrogen) atoms. The van der Waals surface area contributed by atoms with E-state index in [1.54, 1.807) is 19.1 Å². The lowest BCUT2D eigenvalue weighted by Crippen LogP contribution is -2.50. The Kier molecular flexibility index (Phi) is 7.36. The van der Waals surface area contributed by atoms with Gasteiger partial charge in [0.1, 0.15) is 5.82 Å². The summed E-state index contributed by atoms with van der Waals surface area (Å²) < 4.78 is 25.2. The second kappa shape index (κ2) is 10.2. The van der Waals surface area contributed by atoms with E-state index >= 15 is 0 Å². The van der Waals surface area contributed by atoms with Crippen LogP contribution in [0, 0.1) is 11.7 Å². The molecular weight excluding hydrogens is 435 g/mol. The maximum absolute atomic E-state index is 14.9. The van der Waals surface area contributed by atoms with E-state index in [0.717, 1.165) is 25.3 Å². The number of carboxylic acid groups (broad SMARTS) is 1. The van der Waals surface area contributed by atoms with Gasteiger partial charge in [0.15, 0.2) is 11.6 Å². The van der Waals surface area contributed by atoms with Crippen LogP contribution in [-0.4, -0.2) is 53.4 Å². The molecule has 2 aromatic heterocycles. The molecule has 6 N–H and O–H groups in total. The van der Waals surface area contributed by atoms with Crippen LogP contribution in [0.25, 0.3) is 0 Å². The quantitative estimate of drug-likeness (QED) is 0.357. The Morgan fingerprint density at radius 2 is 1.79 bits per heavy atom. The number of carbonyl (C=O) groups excluding carboxylic acids is 1. The monoisotopic (exact) mass is 462 g/mol. The Morgan fingerprint density at radius 3 is 2.27 bits per heavy atom. The molecular formula is C21H27FN6O5. The van der Waals surface area contributed by atoms with Gasteiger partial charge in [-0.2, -0.15) is 4.98 Å². The van der Waals surface area contributed by atoms with Crippen molar-refractivity contribution in [3.8, 4) is 11.8 Å². The van der Waals surface area contributed by atoms with Gasteiger partial charge >= 0.3 is 6.09 Å². The van der Waals surface area contributed by atoms with Crippen molar-refractivity contribution in [2.24, 2.45) is 11.7 Å². The number of rotatable bonds is 10. The summed E-state index contributed by atoms with van der Waals surface area (Å²) in [6.45, 7) is 1.70. The van der Waals surface area contributed by atoms with Gasteiger partial charge in [-0.25, -0.2) is 14.2 Å². The molecule has 2 atom stereocenters. The topological polar surface area (TPSA) is 161 Å². The number of methoxy groups -OCH3 is 2. The highest BCUT2D eigenvalue weighted by Crippen LogP contribution is 2.34. The molecule has 0 radical (unpaired) electrons. The molecule has 0 aliphatic heterocycles. The molecule has 11 nitrogen and oxygen atoms in total. The van der Waals surface area contributed by atoms with Crippen LogP contribution >= 0.6 is 0 Å². The number of aromatic nitrogens is 2. The summed E-state index contributed by atoms with van der Waals surface area (Å²) in [4.78, 5) is 31.4. The molecule has 12 heteroatoms. The molecule has 1 aliphatic carbocycles. The molecule has 0 saturated heterocycles. The fraction of sp³-hybridized carbons (Fsp3) is 0.429. The van der Waals surface area contributed by atoms with E-state index in [1.807, 2.05) is 0 Å². The highest BCUT2D eigenvalue weighted by atomic mass is 19.1. The zero-order valence-corrected chi connectivity index (χ0v) is 18.5. The van der Waals surface area contributed by atoms with E-state index in [0.29, 0.717) is 5.69 Å². The van der Waals surface area contributed by atoms with Crippen LogP contribution in [0.5, 0.6) is 11.8 Å². The molecule has 2 aromatic rings. The number of primary amides is 1. The molecule has 178 valence electrons. The predicted molar refractivity (Wildman–Crippen MR) is 119 cm³/mol. The molecule has 2 heterocycles. The largest absolute Gasteiger partial charge is 0.481 e. The fourth-order valence-corrected chi connectivity index (χ4v) is 3.66. The third-order valence-corrected chi connectivity index (χ3v) is 5.55. The number of carbonyl (C=O) groups is 2. The van der Waals surface area contributed by atoms with Crippen molar-refractivity contribution in [1.82, 2.24) is 15.3 Å². The van der Waals surface area contributed by atoms with Crippen LogP contribution in [0.1, 0.15) is 36.5 Å². The Bertz CT molecular complexity index is 1010. The van der Waals surface area contributed by atoms with E-state index in [-0.39, 0.29) is 34.9 Å². The Morgan fingerprint density at radius 1 is 1.15 bits per heavy atom. The standard InChI is InChI=1S/C21H27FN6O5/c1-10(24-21(30)31)17(11-5-4-6-11)27-20-14(22)9-13(18(23)29)19(28-20)25-12-7-15(32-2)26-16(8-12)33-3/h7-11,17,24H,4-6H2,1-3H3,(H2,23,29)(H,30,31)(H2,25,26,27,28)/t10-,17+/m0/s1. The summed E-state index contributed by atoms with van der Waals surface area (Å²) in [5.41, 5.74) is 5.70. The molecule has 3 rings (SSSR count). The molecule has 2 amide bonds. The van der Waals surface area contributed by atoms with Crippen molar-refractivity contribution in [3.05, 3.63) is 29.6 Å². The summed E-state index contributed by atoms with van der Waals surface area (Å²) in [5.74, 6) is -1.15. The number of nitrogens with two attached hydrogens (primary N) is 1. The minimum atomic E-state index is -1.17. The van der Waals surface area contributed by atoms with E-state index in [9.17, 15) is 14.0 Å². The van der Waals surface area contributed by atoms with Crippen molar-refractivity contribution in [3.63, 3.8) is 0 Å². The predicted octanol–water partition coefficient (Wildman–Crippen LogP) is 2.71. The summed E-state index contributed by atoms with van der Waals surface area (Å²) in [5, 5.41) is 17.5. The van der Waals surface area contributed by atoms with E-state index in [4.69, 9.17) is 20.3 Å². The van der Waals surface area contributed by atoms with Crippen LogP contribution in [0.2, 0.25) is 0 Å². The number of nitrogens with one attached hydrogen (secondary N) is 3. The molecule has 0 bridgehead atoms. The number of ether oxygens (including phenoxy) is 2. The molecule has 0 spiro atoms. The van der Waals surface area contributed by atoms with E-state index < -0.39 is 29.9 Å². The molecule has 0 unspecified atom stereocenters. The van der Waals surface area contributed by atoms with Crippen LogP contribution in [-0.2, 0) is 0 Å². The number of nitrogens with zero attached hydrogens (tertiary/aromatic N) is 2. The van der Waals surface area contributed by atoms with Crippen LogP contribution in [0.15, 0.2) is 18.2 Å². The second-order valence-corrected chi connectivity index (χ2v) is 7.74. The first kappa shape index (κ1) is 23.8. The van der Waals surface area contributed by atoms with E-state index in [2.05, 4.69) is 25.9 Å². The van der Waals surface area contributed by atoms with Crippen molar-refractivity contribution in [2.45, 2.75) is 38.3 Å². The zero-order valence-electron chi connectivity index (χ0n) is 18.5. The first-order valence-electron chi connectivity index (χ1n) is 10.3. The minimum Gasteiger partial charge on any atom is -0.481 e. The normalized spacial score (nSPS) is 15.0. The van der Waals surface area contributed by atoms with Crippen LogP contribution in [0.4, 0.5) is 26.5 Å². The Hall–Kier alpha value is -3.83. The highest BCUT2D eigenvalue weighted by molar-refractivity contribution is 5.98. The summed E-state index contributed by atoms with van der Waals surface area (Å²) in [7, 11) is 2.87. The number of amides is 2. The number of pyridine rings is 2. The van der Waals surface area contributed by atoms with Crippen molar-refractivity contribution in [1.29, 1.82) is 0 Å². The Labute approximate surface area is 189 Å². The van der Waals surface area contributed by atoms with E-state index in [1.165, 1.54) is 14.2 Å². The maximum atomic E-state index is 14.9. The fourth-order valence-electron chi connectivity index (χ4n) is 3.66. The van der Waals surface area contributed by atoms with Gasteiger partial charge in [0, 0.05) is 18.2 Å². The van der Waals surface area contributed by atoms with Crippen LogP contribution < -0.4 is 31.2 Å². The lowest BCUT2D eigenvalue weighted by atomic mass is 9.77. The van der Waals surface area contributed by atoms with Gasteiger partial charge in [-0.3, -0.25) is 4.79 Å². The lowest BCUT2D eigenvalue weighted by molar-refractivity contribution is 0.1000. The first-order chi connectivity index (χ1) is 15.7. The third-order valence-electron chi connectivity index (χ3n) is 5.55. The SMILES string of the molecule is COc1cc(Nc2nc(N[C@@H](C3CCC3)[C@H](C)NC(=O)O)c(F)cc2C(N)=O)cc(OC)n1. The average Bonchev–Trinajstić information content (AvgIpc) is 2.72. The first-order valence-corrected chi connectivity index (χ1v) is 10.3. The van der Waals surface area contributed by atoms with Crippen molar-refractivity contribution in [2.75, 3.05) is 24.9 Å². The minimum absolute atomic E-state index is 0.00733. The number of anilines is 3. The second-order valence-electron chi connectivity index (χ2n) is 7.74. The number of halogens is 1. The van der Waals surface area contributed by atoms with Gasteiger partial charge in [0.05, 0.1) is 31.5 Å². The average molecular weight is 462 g/mol. The molecule has 1 fully saturated rings.